The molecule has 0 spiro atoms. The summed E-state index contributed by atoms with van der Waals surface area (Å²) in [5.74, 6) is -0.229. The molecular formula is C19H16FN. The third-order valence-electron chi connectivity index (χ3n) is 4.45. The fraction of sp³-hybridized carbons (Fsp3) is 0.158. The van der Waals surface area contributed by atoms with Gasteiger partial charge in [-0.05, 0) is 58.0 Å². The summed E-state index contributed by atoms with van der Waals surface area (Å²) in [6, 6.07) is 16.1. The van der Waals surface area contributed by atoms with Crippen molar-refractivity contribution in [3.8, 4) is 11.1 Å². The second-order valence-corrected chi connectivity index (χ2v) is 5.62. The number of halogens is 1. The van der Waals surface area contributed by atoms with Crippen LogP contribution in [0, 0.1) is 5.82 Å². The Morgan fingerprint density at radius 3 is 2.57 bits per heavy atom. The van der Waals surface area contributed by atoms with E-state index < -0.39 is 0 Å². The van der Waals surface area contributed by atoms with Gasteiger partial charge in [0.2, 0.25) is 0 Å². The van der Waals surface area contributed by atoms with Crippen LogP contribution in [-0.2, 0) is 19.4 Å². The second-order valence-electron chi connectivity index (χ2n) is 5.62. The molecule has 0 unspecified atom stereocenters. The Balaban J connectivity index is 2.00. The number of nitrogens with two attached hydrogens (primary N) is 1. The SMILES string of the molecule is NCc1cc(-c2ccc3c4c(cccc24)CC3)ccc1F. The van der Waals surface area contributed by atoms with E-state index in [0.29, 0.717) is 5.56 Å². The molecule has 0 radical (unpaired) electrons. The van der Waals surface area contributed by atoms with Crippen LogP contribution in [0.1, 0.15) is 16.7 Å². The van der Waals surface area contributed by atoms with Gasteiger partial charge in [-0.15, -0.1) is 0 Å². The van der Waals surface area contributed by atoms with Crippen LogP contribution < -0.4 is 5.73 Å². The van der Waals surface area contributed by atoms with Crippen LogP contribution in [0.3, 0.4) is 0 Å². The minimum atomic E-state index is -0.229. The minimum Gasteiger partial charge on any atom is -0.326 e. The molecule has 1 aliphatic carbocycles. The highest BCUT2D eigenvalue weighted by atomic mass is 19.1. The zero-order valence-corrected chi connectivity index (χ0v) is 11.7. The molecule has 104 valence electrons. The monoisotopic (exact) mass is 277 g/mol. The molecule has 0 aliphatic heterocycles. The van der Waals surface area contributed by atoms with Crippen molar-refractivity contribution in [3.63, 3.8) is 0 Å². The second kappa shape index (κ2) is 4.68. The van der Waals surface area contributed by atoms with E-state index >= 15 is 0 Å². The molecule has 0 aromatic heterocycles. The normalized spacial score (nSPS) is 13.0. The summed E-state index contributed by atoms with van der Waals surface area (Å²) >= 11 is 0. The van der Waals surface area contributed by atoms with E-state index in [9.17, 15) is 4.39 Å². The summed E-state index contributed by atoms with van der Waals surface area (Å²) < 4.78 is 13.7. The minimum absolute atomic E-state index is 0.223. The highest BCUT2D eigenvalue weighted by Gasteiger charge is 2.16. The molecule has 0 atom stereocenters. The van der Waals surface area contributed by atoms with Crippen molar-refractivity contribution in [1.82, 2.24) is 0 Å². The lowest BCUT2D eigenvalue weighted by molar-refractivity contribution is 0.611. The topological polar surface area (TPSA) is 26.0 Å². The predicted octanol–water partition coefficient (Wildman–Crippen LogP) is 4.20. The Kier molecular flexibility index (Phi) is 2.79. The third-order valence-corrected chi connectivity index (χ3v) is 4.45. The van der Waals surface area contributed by atoms with E-state index in [0.717, 1.165) is 24.0 Å². The summed E-state index contributed by atoms with van der Waals surface area (Å²) in [7, 11) is 0. The standard InChI is InChI=1S/C19H16FN/c20-18-9-7-14(10-15(18)11-21)16-8-6-13-5-4-12-2-1-3-17(16)19(12)13/h1-3,6-10H,4-5,11,21H2. The number of aryl methyl sites for hydroxylation is 2. The van der Waals surface area contributed by atoms with Crippen LogP contribution in [-0.4, -0.2) is 0 Å². The van der Waals surface area contributed by atoms with Gasteiger partial charge in [0.25, 0.3) is 0 Å². The van der Waals surface area contributed by atoms with Crippen molar-refractivity contribution >= 4 is 10.8 Å². The van der Waals surface area contributed by atoms with Gasteiger partial charge in [-0.3, -0.25) is 0 Å². The van der Waals surface area contributed by atoms with Crippen molar-refractivity contribution in [2.24, 2.45) is 5.73 Å². The van der Waals surface area contributed by atoms with E-state index in [1.807, 2.05) is 12.1 Å². The Hall–Kier alpha value is -2.19. The van der Waals surface area contributed by atoms with Crippen molar-refractivity contribution in [2.75, 3.05) is 0 Å². The first-order chi connectivity index (χ1) is 10.3. The molecule has 0 amide bonds. The molecule has 4 rings (SSSR count). The summed E-state index contributed by atoms with van der Waals surface area (Å²) in [6.45, 7) is 0.223. The summed E-state index contributed by atoms with van der Waals surface area (Å²) in [4.78, 5) is 0. The van der Waals surface area contributed by atoms with E-state index in [1.165, 1.54) is 28.0 Å². The van der Waals surface area contributed by atoms with E-state index in [1.54, 1.807) is 0 Å². The quantitative estimate of drug-likeness (QED) is 0.746. The molecule has 0 saturated heterocycles. The van der Waals surface area contributed by atoms with Crippen LogP contribution in [0.4, 0.5) is 4.39 Å². The average molecular weight is 277 g/mol. The van der Waals surface area contributed by atoms with Crippen molar-refractivity contribution in [3.05, 3.63) is 71.0 Å². The number of hydrogen-bond acceptors (Lipinski definition) is 1. The van der Waals surface area contributed by atoms with Gasteiger partial charge in [0.15, 0.2) is 0 Å². The van der Waals surface area contributed by atoms with E-state index in [4.69, 9.17) is 5.73 Å². The number of rotatable bonds is 2. The number of benzene rings is 3. The zero-order valence-electron chi connectivity index (χ0n) is 11.7. The van der Waals surface area contributed by atoms with Crippen LogP contribution >= 0.6 is 0 Å². The van der Waals surface area contributed by atoms with Crippen LogP contribution in [0.15, 0.2) is 48.5 Å². The average Bonchev–Trinajstić information content (AvgIpc) is 2.94. The highest BCUT2D eigenvalue weighted by Crippen LogP contribution is 2.37. The smallest absolute Gasteiger partial charge is 0.127 e. The lowest BCUT2D eigenvalue weighted by Gasteiger charge is -2.11. The summed E-state index contributed by atoms with van der Waals surface area (Å²) in [5.41, 5.74) is 11.2. The molecule has 0 saturated carbocycles. The van der Waals surface area contributed by atoms with Gasteiger partial charge in [0.1, 0.15) is 5.82 Å². The molecule has 0 fully saturated rings. The van der Waals surface area contributed by atoms with Gasteiger partial charge >= 0.3 is 0 Å². The van der Waals surface area contributed by atoms with Crippen LogP contribution in [0.2, 0.25) is 0 Å². The van der Waals surface area contributed by atoms with Gasteiger partial charge in [-0.25, -0.2) is 4.39 Å². The van der Waals surface area contributed by atoms with E-state index in [2.05, 4.69) is 30.3 Å². The van der Waals surface area contributed by atoms with Crippen LogP contribution in [0.5, 0.6) is 0 Å². The summed E-state index contributed by atoms with van der Waals surface area (Å²) in [6.07, 6.45) is 2.24. The van der Waals surface area contributed by atoms with Crippen LogP contribution in [0.25, 0.3) is 21.9 Å². The van der Waals surface area contributed by atoms with Gasteiger partial charge < -0.3 is 5.73 Å². The molecule has 0 heterocycles. The lowest BCUT2D eigenvalue weighted by atomic mass is 9.94. The Labute approximate surface area is 123 Å². The summed E-state index contributed by atoms with van der Waals surface area (Å²) in [5, 5.41) is 2.64. The fourth-order valence-corrected chi connectivity index (χ4v) is 3.40. The largest absolute Gasteiger partial charge is 0.326 e. The first kappa shape index (κ1) is 12.5. The Morgan fingerprint density at radius 2 is 1.76 bits per heavy atom. The first-order valence-corrected chi connectivity index (χ1v) is 7.30. The molecule has 2 N–H and O–H groups in total. The van der Waals surface area contributed by atoms with Crippen molar-refractivity contribution < 1.29 is 4.39 Å². The molecule has 1 nitrogen and oxygen atoms in total. The molecule has 21 heavy (non-hydrogen) atoms. The van der Waals surface area contributed by atoms with E-state index in [-0.39, 0.29) is 12.4 Å². The van der Waals surface area contributed by atoms with Gasteiger partial charge in [0.05, 0.1) is 0 Å². The van der Waals surface area contributed by atoms with Gasteiger partial charge in [-0.2, -0.15) is 0 Å². The molecule has 1 aliphatic rings. The van der Waals surface area contributed by atoms with Gasteiger partial charge in [0, 0.05) is 12.1 Å². The van der Waals surface area contributed by atoms with Crippen molar-refractivity contribution in [2.45, 2.75) is 19.4 Å². The highest BCUT2D eigenvalue weighted by molar-refractivity contribution is 6.01. The zero-order chi connectivity index (χ0) is 14.4. The van der Waals surface area contributed by atoms with Crippen molar-refractivity contribution in [1.29, 1.82) is 0 Å². The first-order valence-electron chi connectivity index (χ1n) is 7.30. The molecular weight excluding hydrogens is 261 g/mol. The van der Waals surface area contributed by atoms with Gasteiger partial charge in [-0.1, -0.05) is 36.4 Å². The molecule has 3 aromatic rings. The Bertz CT molecular complexity index is 841. The fourth-order valence-electron chi connectivity index (χ4n) is 3.40. The third kappa shape index (κ3) is 1.87. The maximum absolute atomic E-state index is 13.7. The maximum atomic E-state index is 13.7. The number of hydrogen-bond donors (Lipinski definition) is 1. The Morgan fingerprint density at radius 1 is 0.952 bits per heavy atom. The molecule has 3 aromatic carbocycles. The molecule has 0 bridgehead atoms. The molecule has 2 heteroatoms. The lowest BCUT2D eigenvalue weighted by Crippen LogP contribution is -2.00. The maximum Gasteiger partial charge on any atom is 0.127 e. The predicted molar refractivity (Wildman–Crippen MR) is 84.6 cm³/mol.